The van der Waals surface area contributed by atoms with Gasteiger partial charge >= 0.3 is 17.3 Å². The molecule has 6 aromatic rings. The number of fused-ring (bicyclic) bond motifs is 2. The Kier molecular flexibility index (Phi) is 8.39. The van der Waals surface area contributed by atoms with Crippen LogP contribution in [0.1, 0.15) is 47.2 Å². The molecular weight excluding hydrogens is 650 g/mol. The topological polar surface area (TPSA) is 284 Å². The van der Waals surface area contributed by atoms with Crippen molar-refractivity contribution < 1.29 is 42.5 Å². The summed E-state index contributed by atoms with van der Waals surface area (Å²) in [6.07, 6.45) is 2.46. The maximum atomic E-state index is 13.6. The van der Waals surface area contributed by atoms with E-state index in [0.29, 0.717) is 24.8 Å². The summed E-state index contributed by atoms with van der Waals surface area (Å²) in [4.78, 5) is 34.3. The molecule has 2 aliphatic rings. The number of halogens is 2. The highest BCUT2D eigenvalue weighted by Gasteiger charge is 2.35. The Balaban J connectivity index is 0.000000160. The molecule has 0 bridgehead atoms. The molecule has 2 aromatic carbocycles. The van der Waals surface area contributed by atoms with Crippen molar-refractivity contribution in [2.75, 3.05) is 5.73 Å². The van der Waals surface area contributed by atoms with Crippen LogP contribution in [-0.2, 0) is 12.8 Å². The van der Waals surface area contributed by atoms with Crippen molar-refractivity contribution in [3.05, 3.63) is 102 Å². The molecule has 8 rings (SSSR count). The van der Waals surface area contributed by atoms with E-state index >= 15 is 0 Å². The first-order chi connectivity index (χ1) is 23.2. The summed E-state index contributed by atoms with van der Waals surface area (Å²) < 4.78 is 47.8. The van der Waals surface area contributed by atoms with Gasteiger partial charge in [-0.3, -0.25) is 19.6 Å². The first kappa shape index (κ1) is 31.6. The van der Waals surface area contributed by atoms with Crippen LogP contribution in [0.4, 0.5) is 20.4 Å². The molecule has 22 heteroatoms. The van der Waals surface area contributed by atoms with Gasteiger partial charge in [0.15, 0.2) is 16.7 Å². The minimum Gasteiger partial charge on any atom is -0.379 e. The lowest BCUT2D eigenvalue weighted by atomic mass is 10.1. The molecule has 2 atom stereocenters. The van der Waals surface area contributed by atoms with Crippen LogP contribution in [0.25, 0.3) is 23.0 Å². The Labute approximate surface area is 262 Å². The average Bonchev–Trinajstić information content (AvgIpc) is 3.92. The Morgan fingerprint density at radius 2 is 1.25 bits per heavy atom. The number of hydrogen-bond donors (Lipinski definition) is 3. The largest absolute Gasteiger partial charge is 0.446 e. The van der Waals surface area contributed by atoms with E-state index in [4.69, 9.17) is 20.8 Å². The molecule has 0 amide bonds. The van der Waals surface area contributed by atoms with Crippen LogP contribution in [0.3, 0.4) is 0 Å². The van der Waals surface area contributed by atoms with Gasteiger partial charge in [0, 0.05) is 0 Å². The molecule has 248 valence electrons. The van der Waals surface area contributed by atoms with Crippen LogP contribution in [-0.4, -0.2) is 55.5 Å². The molecule has 2 aliphatic carbocycles. The highest BCUT2D eigenvalue weighted by molar-refractivity contribution is 5.62. The highest BCUT2D eigenvalue weighted by atomic mass is 19.1. The molecule has 0 radical (unpaired) electrons. The number of aryl methyl sites for hydroxylation is 2. The van der Waals surface area contributed by atoms with E-state index in [1.165, 1.54) is 28.8 Å². The van der Waals surface area contributed by atoms with Gasteiger partial charge in [-0.2, -0.15) is 0 Å². The fourth-order valence-electron chi connectivity index (χ4n) is 5.81. The van der Waals surface area contributed by atoms with Crippen LogP contribution >= 0.6 is 0 Å². The van der Waals surface area contributed by atoms with Gasteiger partial charge in [-0.1, -0.05) is 22.4 Å². The number of nitrogens with two attached hydrogens (primary N) is 1. The van der Waals surface area contributed by atoms with Gasteiger partial charge in [0.2, 0.25) is 11.6 Å². The van der Waals surface area contributed by atoms with E-state index in [-0.39, 0.29) is 34.7 Å². The summed E-state index contributed by atoms with van der Waals surface area (Å²) in [5.74, 6) is -3.06. The monoisotopic (exact) mass is 670 g/mol. The van der Waals surface area contributed by atoms with Crippen LogP contribution < -0.4 is 17.2 Å². The number of nitrogens with zero attached hydrogens (tertiary/aromatic N) is 9. The minimum atomic E-state index is -0.829. The summed E-state index contributed by atoms with van der Waals surface area (Å²) in [5, 5.41) is 44.0. The van der Waals surface area contributed by atoms with E-state index in [0.717, 1.165) is 27.7 Å². The second kappa shape index (κ2) is 12.8. The predicted octanol–water partition coefficient (Wildman–Crippen LogP) is 2.63. The maximum absolute atomic E-state index is 13.6. The summed E-state index contributed by atoms with van der Waals surface area (Å²) >= 11 is 0. The smallest absolute Gasteiger partial charge is 0.379 e. The zero-order valence-electron chi connectivity index (χ0n) is 24.0. The number of nitro groups is 1. The quantitative estimate of drug-likeness (QED) is 0.135. The normalized spacial score (nSPS) is 16.0. The number of anilines is 1. The number of benzene rings is 2. The third-order valence-corrected chi connectivity index (χ3v) is 7.78. The molecule has 4 N–H and O–H groups in total. The molecule has 2 unspecified atom stereocenters. The van der Waals surface area contributed by atoms with Crippen molar-refractivity contribution in [3.63, 3.8) is 0 Å². The standard InChI is InChI=1S/C13H8FN5O5.C13H10FN5O3.H2O2/c14-7-3-1-6-2-4-9(8(6)5-7)18-11(16-23-13(18)20)10-12(19(21)22)17-24-15-10;14-7-3-1-6-2-4-9(8(6)5-7)19-12(18-21-13(19)20)10-11(15)17-22-16-10;1-2/h1,3,5,9H,2,4H2;1,3,5,9H,2,4H2,(H2,15,17);1-2H. The van der Waals surface area contributed by atoms with Gasteiger partial charge in [0.1, 0.15) is 11.6 Å². The first-order valence-electron chi connectivity index (χ1n) is 13.7. The van der Waals surface area contributed by atoms with Crippen molar-refractivity contribution in [3.8, 4) is 23.0 Å². The van der Waals surface area contributed by atoms with E-state index in [2.05, 4.69) is 44.7 Å². The maximum Gasteiger partial charge on any atom is 0.446 e. The zero-order valence-corrected chi connectivity index (χ0v) is 24.0. The minimum absolute atomic E-state index is 0.000451. The molecule has 4 aromatic heterocycles. The van der Waals surface area contributed by atoms with E-state index in [1.54, 1.807) is 12.1 Å². The molecule has 0 fully saturated rings. The van der Waals surface area contributed by atoms with Crippen LogP contribution in [0.2, 0.25) is 0 Å². The van der Waals surface area contributed by atoms with E-state index < -0.39 is 40.2 Å². The van der Waals surface area contributed by atoms with E-state index in [9.17, 15) is 28.5 Å². The SMILES string of the molecule is Nc1nonc1-c1noc(=O)n1C1CCc2ccc(F)cc21.O=c1onc(-c2nonc2[N+](=O)[O-])n1C1CCc2ccc(F)cc21.OO. The van der Waals surface area contributed by atoms with Gasteiger partial charge in [0.05, 0.1) is 12.1 Å². The number of nitrogen functional groups attached to an aromatic ring is 1. The summed E-state index contributed by atoms with van der Waals surface area (Å²) in [6.45, 7) is 0. The summed E-state index contributed by atoms with van der Waals surface area (Å²) in [6, 6.07) is 7.88. The fraction of sp³-hybridized carbons (Fsp3) is 0.231. The third kappa shape index (κ3) is 5.49. The van der Waals surface area contributed by atoms with Crippen molar-refractivity contribution in [1.82, 2.24) is 40.1 Å². The second-order valence-corrected chi connectivity index (χ2v) is 10.3. The highest BCUT2D eigenvalue weighted by Crippen LogP contribution is 2.38. The Morgan fingerprint density at radius 3 is 1.73 bits per heavy atom. The molecule has 0 saturated carbocycles. The van der Waals surface area contributed by atoms with Gasteiger partial charge in [-0.25, -0.2) is 32.1 Å². The molecule has 20 nitrogen and oxygen atoms in total. The van der Waals surface area contributed by atoms with Crippen LogP contribution in [0.5, 0.6) is 0 Å². The molecule has 0 spiro atoms. The molecule has 0 aliphatic heterocycles. The van der Waals surface area contributed by atoms with Crippen LogP contribution in [0.15, 0.2) is 64.3 Å². The molecule has 48 heavy (non-hydrogen) atoms. The Morgan fingerprint density at radius 1 is 0.771 bits per heavy atom. The molecule has 4 heterocycles. The average molecular weight is 671 g/mol. The lowest BCUT2D eigenvalue weighted by Crippen LogP contribution is -2.21. The third-order valence-electron chi connectivity index (χ3n) is 7.78. The Bertz CT molecular complexity index is 2240. The molecular formula is C26H20F2N10O10. The van der Waals surface area contributed by atoms with Crippen LogP contribution in [0, 0.1) is 21.7 Å². The van der Waals surface area contributed by atoms with Crippen molar-refractivity contribution in [1.29, 1.82) is 0 Å². The van der Waals surface area contributed by atoms with E-state index in [1.807, 2.05) is 0 Å². The number of aromatic nitrogens is 8. The van der Waals surface area contributed by atoms with Gasteiger partial charge < -0.3 is 15.8 Å². The van der Waals surface area contributed by atoms with Gasteiger partial charge in [0.25, 0.3) is 5.69 Å². The zero-order chi connectivity index (χ0) is 34.1. The van der Waals surface area contributed by atoms with Crippen molar-refractivity contribution in [2.45, 2.75) is 37.8 Å². The summed E-state index contributed by atoms with van der Waals surface area (Å²) in [5.41, 5.74) is 8.63. The lowest BCUT2D eigenvalue weighted by molar-refractivity contribution is -0.390. The first-order valence-corrected chi connectivity index (χ1v) is 13.7. The lowest BCUT2D eigenvalue weighted by Gasteiger charge is -2.13. The Hall–Kier alpha value is -6.42. The second-order valence-electron chi connectivity index (χ2n) is 10.3. The van der Waals surface area contributed by atoms with Gasteiger partial charge in [-0.05, 0) is 92.6 Å². The predicted molar refractivity (Wildman–Crippen MR) is 150 cm³/mol. The molecule has 0 saturated heterocycles. The number of hydrogen-bond acceptors (Lipinski definition) is 17. The van der Waals surface area contributed by atoms with Gasteiger partial charge in [-0.15, -0.1) is 4.63 Å². The fourth-order valence-corrected chi connectivity index (χ4v) is 5.81. The van der Waals surface area contributed by atoms with Crippen molar-refractivity contribution in [2.24, 2.45) is 0 Å². The number of rotatable bonds is 5. The summed E-state index contributed by atoms with van der Waals surface area (Å²) in [7, 11) is 0. The van der Waals surface area contributed by atoms with Crippen molar-refractivity contribution >= 4 is 11.6 Å².